The van der Waals surface area contributed by atoms with Gasteiger partial charge < -0.3 is 4.74 Å². The number of methoxy groups -OCH3 is 1. The third-order valence-electron chi connectivity index (χ3n) is 1.72. The molecule has 3 nitrogen and oxygen atoms in total. The minimum Gasteiger partial charge on any atom is -0.466 e. The Morgan fingerprint density at radius 1 is 1.64 bits per heavy atom. The lowest BCUT2D eigenvalue weighted by molar-refractivity contribution is -0.134. The molecule has 0 aliphatic carbocycles. The first kappa shape index (κ1) is 10.4. The number of aryl methyl sites for hydroxylation is 1. The number of ether oxygens (including phenoxy) is 1. The number of carbonyl (C=O) groups is 1. The first-order chi connectivity index (χ1) is 6.63. The van der Waals surface area contributed by atoms with E-state index in [2.05, 4.69) is 9.72 Å². The summed E-state index contributed by atoms with van der Waals surface area (Å²) in [6, 6.07) is 1.30. The van der Waals surface area contributed by atoms with E-state index in [-0.39, 0.29) is 0 Å². The third kappa shape index (κ3) is 2.65. The summed E-state index contributed by atoms with van der Waals surface area (Å²) in [6.07, 6.45) is 4.17. The van der Waals surface area contributed by atoms with Gasteiger partial charge in [-0.15, -0.1) is 0 Å². The largest absolute Gasteiger partial charge is 0.466 e. The van der Waals surface area contributed by atoms with Crippen molar-refractivity contribution in [3.8, 4) is 0 Å². The minimum atomic E-state index is -0.530. The number of hydrogen-bond donors (Lipinski definition) is 0. The molecule has 0 amide bonds. The van der Waals surface area contributed by atoms with Crippen molar-refractivity contribution in [3.05, 3.63) is 35.4 Å². The van der Waals surface area contributed by atoms with Gasteiger partial charge >= 0.3 is 5.97 Å². The Bertz CT molecular complexity index is 374. The zero-order valence-electron chi connectivity index (χ0n) is 7.95. The van der Waals surface area contributed by atoms with E-state index in [1.807, 2.05) is 0 Å². The maximum absolute atomic E-state index is 12.6. The van der Waals surface area contributed by atoms with Gasteiger partial charge in [0.2, 0.25) is 5.95 Å². The fourth-order valence-corrected chi connectivity index (χ4v) is 0.933. The number of pyridine rings is 1. The van der Waals surface area contributed by atoms with Crippen LogP contribution < -0.4 is 0 Å². The van der Waals surface area contributed by atoms with Gasteiger partial charge in [0.1, 0.15) is 0 Å². The van der Waals surface area contributed by atoms with Gasteiger partial charge in [-0.25, -0.2) is 9.78 Å². The molecule has 14 heavy (non-hydrogen) atoms. The highest BCUT2D eigenvalue weighted by Crippen LogP contribution is 2.09. The van der Waals surface area contributed by atoms with E-state index in [4.69, 9.17) is 0 Å². The number of rotatable bonds is 2. The molecule has 0 aliphatic rings. The summed E-state index contributed by atoms with van der Waals surface area (Å²) in [4.78, 5) is 14.2. The quantitative estimate of drug-likeness (QED) is 0.409. The van der Waals surface area contributed by atoms with Crippen molar-refractivity contribution >= 4 is 12.0 Å². The summed E-state index contributed by atoms with van der Waals surface area (Å²) >= 11 is 0. The van der Waals surface area contributed by atoms with Gasteiger partial charge in [-0.3, -0.25) is 0 Å². The highest BCUT2D eigenvalue weighted by molar-refractivity contribution is 5.87. The van der Waals surface area contributed by atoms with Gasteiger partial charge in [0, 0.05) is 12.3 Å². The maximum atomic E-state index is 12.6. The zero-order chi connectivity index (χ0) is 10.6. The summed E-state index contributed by atoms with van der Waals surface area (Å²) in [6.45, 7) is 1.74. The van der Waals surface area contributed by atoms with Gasteiger partial charge in [0.05, 0.1) is 7.11 Å². The van der Waals surface area contributed by atoms with Gasteiger partial charge in [0.15, 0.2) is 0 Å². The molecule has 1 heterocycles. The molecule has 0 atom stereocenters. The van der Waals surface area contributed by atoms with E-state index < -0.39 is 11.9 Å². The van der Waals surface area contributed by atoms with Crippen LogP contribution in [-0.4, -0.2) is 18.1 Å². The average molecular weight is 195 g/mol. The molecular weight excluding hydrogens is 185 g/mol. The molecule has 0 saturated carbocycles. The second kappa shape index (κ2) is 4.50. The molecule has 1 rings (SSSR count). The van der Waals surface area contributed by atoms with Gasteiger partial charge in [0.25, 0.3) is 0 Å². The van der Waals surface area contributed by atoms with Crippen LogP contribution in [-0.2, 0) is 9.53 Å². The van der Waals surface area contributed by atoms with E-state index in [0.29, 0.717) is 5.56 Å². The van der Waals surface area contributed by atoms with Crippen LogP contribution in [0.4, 0.5) is 4.39 Å². The zero-order valence-corrected chi connectivity index (χ0v) is 7.95. The SMILES string of the molecule is COC(=O)C=Cc1cnc(F)cc1C. The summed E-state index contributed by atoms with van der Waals surface area (Å²) in [5, 5.41) is 0. The predicted octanol–water partition coefficient (Wildman–Crippen LogP) is 1.72. The predicted molar refractivity (Wildman–Crippen MR) is 50.0 cm³/mol. The van der Waals surface area contributed by atoms with Crippen molar-refractivity contribution in [1.29, 1.82) is 0 Å². The lowest BCUT2D eigenvalue weighted by Crippen LogP contribution is -1.94. The smallest absolute Gasteiger partial charge is 0.330 e. The van der Waals surface area contributed by atoms with E-state index in [1.165, 1.54) is 31.5 Å². The molecule has 0 N–H and O–H groups in total. The van der Waals surface area contributed by atoms with Crippen LogP contribution in [0, 0.1) is 12.9 Å². The fourth-order valence-electron chi connectivity index (χ4n) is 0.933. The summed E-state index contributed by atoms with van der Waals surface area (Å²) in [5.74, 6) is -0.980. The lowest BCUT2D eigenvalue weighted by atomic mass is 10.1. The number of hydrogen-bond acceptors (Lipinski definition) is 3. The molecule has 74 valence electrons. The number of carbonyl (C=O) groups excluding carboxylic acids is 1. The first-order valence-corrected chi connectivity index (χ1v) is 4.01. The van der Waals surface area contributed by atoms with Crippen LogP contribution in [0.5, 0.6) is 0 Å². The normalized spacial score (nSPS) is 10.5. The molecule has 0 aromatic carbocycles. The Morgan fingerprint density at radius 2 is 2.36 bits per heavy atom. The average Bonchev–Trinajstić information content (AvgIpc) is 2.16. The fraction of sp³-hybridized carbons (Fsp3) is 0.200. The van der Waals surface area contributed by atoms with Crippen molar-refractivity contribution in [2.75, 3.05) is 7.11 Å². The van der Waals surface area contributed by atoms with E-state index in [0.717, 1.165) is 5.56 Å². The lowest BCUT2D eigenvalue weighted by Gasteiger charge is -1.98. The van der Waals surface area contributed by atoms with Crippen LogP contribution >= 0.6 is 0 Å². The summed E-state index contributed by atoms with van der Waals surface area (Å²) in [5.41, 5.74) is 1.41. The molecule has 0 fully saturated rings. The number of halogens is 1. The molecule has 1 aromatic rings. The Hall–Kier alpha value is -1.71. The molecule has 0 aliphatic heterocycles. The van der Waals surface area contributed by atoms with Crippen molar-refractivity contribution in [1.82, 2.24) is 4.98 Å². The van der Waals surface area contributed by atoms with Gasteiger partial charge in [-0.1, -0.05) is 0 Å². The second-order valence-corrected chi connectivity index (χ2v) is 2.72. The van der Waals surface area contributed by atoms with E-state index in [1.54, 1.807) is 6.92 Å². The Kier molecular flexibility index (Phi) is 3.34. The Morgan fingerprint density at radius 3 is 2.93 bits per heavy atom. The van der Waals surface area contributed by atoms with Crippen molar-refractivity contribution in [3.63, 3.8) is 0 Å². The highest BCUT2D eigenvalue weighted by atomic mass is 19.1. The second-order valence-electron chi connectivity index (χ2n) is 2.72. The molecule has 0 unspecified atom stereocenters. The monoisotopic (exact) mass is 195 g/mol. The molecule has 0 bridgehead atoms. The van der Waals surface area contributed by atoms with Crippen LogP contribution in [0.1, 0.15) is 11.1 Å². The van der Waals surface area contributed by atoms with E-state index >= 15 is 0 Å². The topological polar surface area (TPSA) is 39.2 Å². The Labute approximate surface area is 81.2 Å². The van der Waals surface area contributed by atoms with Crippen LogP contribution in [0.25, 0.3) is 6.08 Å². The van der Waals surface area contributed by atoms with Crippen molar-refractivity contribution < 1.29 is 13.9 Å². The number of nitrogens with zero attached hydrogens (tertiary/aromatic N) is 1. The highest BCUT2D eigenvalue weighted by Gasteiger charge is 1.98. The van der Waals surface area contributed by atoms with E-state index in [9.17, 15) is 9.18 Å². The molecule has 0 radical (unpaired) electrons. The van der Waals surface area contributed by atoms with Gasteiger partial charge in [-0.2, -0.15) is 4.39 Å². The Balaban J connectivity index is 2.87. The van der Waals surface area contributed by atoms with Crippen LogP contribution in [0.15, 0.2) is 18.3 Å². The molecule has 4 heteroatoms. The number of aromatic nitrogens is 1. The summed E-state index contributed by atoms with van der Waals surface area (Å²) in [7, 11) is 1.29. The molecule has 1 aromatic heterocycles. The van der Waals surface area contributed by atoms with Crippen LogP contribution in [0.2, 0.25) is 0 Å². The van der Waals surface area contributed by atoms with Crippen molar-refractivity contribution in [2.24, 2.45) is 0 Å². The summed E-state index contributed by atoms with van der Waals surface area (Å²) < 4.78 is 17.0. The van der Waals surface area contributed by atoms with Gasteiger partial charge in [-0.05, 0) is 30.2 Å². The van der Waals surface area contributed by atoms with Crippen molar-refractivity contribution in [2.45, 2.75) is 6.92 Å². The maximum Gasteiger partial charge on any atom is 0.330 e. The number of esters is 1. The molecule has 0 spiro atoms. The minimum absolute atomic E-state index is 0.450. The molecule has 0 saturated heterocycles. The van der Waals surface area contributed by atoms with Crippen LogP contribution in [0.3, 0.4) is 0 Å². The molecular formula is C10H10FNO2. The first-order valence-electron chi connectivity index (χ1n) is 4.01. The standard InChI is InChI=1S/C10H10FNO2/c1-7-5-9(11)12-6-8(7)3-4-10(13)14-2/h3-6H,1-2H3. The third-order valence-corrected chi connectivity index (χ3v) is 1.72.